The van der Waals surface area contributed by atoms with Gasteiger partial charge < -0.3 is 10.1 Å². The van der Waals surface area contributed by atoms with Crippen LogP contribution in [0.4, 0.5) is 17.2 Å². The predicted molar refractivity (Wildman–Crippen MR) is 105 cm³/mol. The number of carbonyl (C=O) groups is 1. The van der Waals surface area contributed by atoms with Crippen molar-refractivity contribution >= 4 is 34.9 Å². The Morgan fingerprint density at radius 1 is 1.14 bits per heavy atom. The van der Waals surface area contributed by atoms with E-state index < -0.39 is 10.9 Å². The second-order valence-corrected chi connectivity index (χ2v) is 6.53. The number of carbonyl (C=O) groups excluding carboxylic acids is 1. The number of hydrogen-bond acceptors (Lipinski definition) is 8. The zero-order chi connectivity index (χ0) is 19.9. The highest BCUT2D eigenvalue weighted by Crippen LogP contribution is 2.37. The lowest BCUT2D eigenvalue weighted by Gasteiger charge is -2.09. The topological polar surface area (TPSA) is 107 Å². The lowest BCUT2D eigenvalue weighted by molar-refractivity contribution is -0.387. The maximum absolute atomic E-state index is 11.7. The van der Waals surface area contributed by atoms with E-state index >= 15 is 0 Å². The van der Waals surface area contributed by atoms with Crippen LogP contribution in [0, 0.1) is 10.1 Å². The quantitative estimate of drug-likeness (QED) is 0.270. The van der Waals surface area contributed by atoms with Crippen molar-refractivity contribution in [2.75, 3.05) is 11.9 Å². The number of hydrogen-bond donors (Lipinski definition) is 1. The third-order valence-electron chi connectivity index (χ3n) is 3.59. The Bertz CT molecular complexity index is 981. The molecule has 9 heteroatoms. The molecule has 3 rings (SSSR count). The fraction of sp³-hybridized carbons (Fsp3) is 0.105. The standard InChI is InChI=1S/C19H16N4O4S/c1-2-27-19(24)13-8-10-14(11-9-13)22-17-16(23(25)26)18(21-12-20-17)28-15-6-4-3-5-7-15/h3-12H,2H2,1H3,(H,20,21,22). The van der Waals surface area contributed by atoms with Gasteiger partial charge in [0.2, 0.25) is 5.82 Å². The van der Waals surface area contributed by atoms with E-state index in [1.54, 1.807) is 31.2 Å². The van der Waals surface area contributed by atoms with Crippen LogP contribution < -0.4 is 5.32 Å². The molecule has 8 nitrogen and oxygen atoms in total. The summed E-state index contributed by atoms with van der Waals surface area (Å²) in [5, 5.41) is 14.8. The second-order valence-electron chi connectivity index (χ2n) is 5.47. The number of ether oxygens (including phenoxy) is 1. The molecule has 3 aromatic rings. The van der Waals surface area contributed by atoms with Gasteiger partial charge in [-0.25, -0.2) is 14.8 Å². The molecule has 0 aliphatic carbocycles. The van der Waals surface area contributed by atoms with E-state index in [1.807, 2.05) is 30.3 Å². The summed E-state index contributed by atoms with van der Waals surface area (Å²) in [6.45, 7) is 2.01. The first-order chi connectivity index (χ1) is 13.6. The normalized spacial score (nSPS) is 10.3. The summed E-state index contributed by atoms with van der Waals surface area (Å²) in [5.74, 6) is -0.356. The highest BCUT2D eigenvalue weighted by molar-refractivity contribution is 7.99. The number of anilines is 2. The van der Waals surface area contributed by atoms with Gasteiger partial charge >= 0.3 is 11.7 Å². The van der Waals surface area contributed by atoms with Gasteiger partial charge in [0.25, 0.3) is 0 Å². The SMILES string of the molecule is CCOC(=O)c1ccc(Nc2ncnc(Sc3ccccc3)c2[N+](=O)[O-])cc1. The Morgan fingerprint density at radius 2 is 1.86 bits per heavy atom. The fourth-order valence-corrected chi connectivity index (χ4v) is 3.22. The Kier molecular flexibility index (Phi) is 6.18. The van der Waals surface area contributed by atoms with Crippen LogP contribution in [-0.4, -0.2) is 27.5 Å². The van der Waals surface area contributed by atoms with Crippen molar-refractivity contribution in [1.29, 1.82) is 0 Å². The van der Waals surface area contributed by atoms with Crippen LogP contribution in [0.1, 0.15) is 17.3 Å². The molecule has 0 spiro atoms. The van der Waals surface area contributed by atoms with E-state index in [2.05, 4.69) is 15.3 Å². The smallest absolute Gasteiger partial charge is 0.343 e. The van der Waals surface area contributed by atoms with Crippen molar-refractivity contribution in [2.24, 2.45) is 0 Å². The zero-order valence-electron chi connectivity index (χ0n) is 14.9. The van der Waals surface area contributed by atoms with Gasteiger partial charge in [-0.15, -0.1) is 0 Å². The third-order valence-corrected chi connectivity index (χ3v) is 4.59. The lowest BCUT2D eigenvalue weighted by Crippen LogP contribution is -2.05. The largest absolute Gasteiger partial charge is 0.462 e. The molecular formula is C19H16N4O4S. The Hall–Kier alpha value is -3.46. The van der Waals surface area contributed by atoms with Crippen molar-refractivity contribution in [2.45, 2.75) is 16.8 Å². The monoisotopic (exact) mass is 396 g/mol. The second kappa shape index (κ2) is 8.96. The summed E-state index contributed by atoms with van der Waals surface area (Å²) in [4.78, 5) is 31.8. The summed E-state index contributed by atoms with van der Waals surface area (Å²) in [5.41, 5.74) is 0.723. The number of nitro groups is 1. The van der Waals surface area contributed by atoms with Crippen LogP contribution in [0.3, 0.4) is 0 Å². The van der Waals surface area contributed by atoms with E-state index in [0.29, 0.717) is 11.3 Å². The van der Waals surface area contributed by atoms with Gasteiger partial charge in [0.1, 0.15) is 6.33 Å². The summed E-state index contributed by atoms with van der Waals surface area (Å²) in [6, 6.07) is 15.7. The summed E-state index contributed by atoms with van der Waals surface area (Å²) < 4.78 is 4.94. The molecule has 0 saturated carbocycles. The molecule has 0 bridgehead atoms. The van der Waals surface area contributed by atoms with Gasteiger partial charge in [0.05, 0.1) is 17.1 Å². The van der Waals surface area contributed by atoms with Crippen LogP contribution in [0.5, 0.6) is 0 Å². The van der Waals surface area contributed by atoms with Gasteiger partial charge in [-0.1, -0.05) is 30.0 Å². The fourth-order valence-electron chi connectivity index (χ4n) is 2.33. The highest BCUT2D eigenvalue weighted by Gasteiger charge is 2.24. The molecule has 1 N–H and O–H groups in total. The summed E-state index contributed by atoms with van der Waals surface area (Å²) in [7, 11) is 0. The molecular weight excluding hydrogens is 380 g/mol. The molecule has 28 heavy (non-hydrogen) atoms. The minimum atomic E-state index is -0.513. The minimum absolute atomic E-state index is 0.0716. The Balaban J connectivity index is 1.86. The minimum Gasteiger partial charge on any atom is -0.462 e. The van der Waals surface area contributed by atoms with Gasteiger partial charge in [-0.05, 0) is 43.3 Å². The van der Waals surface area contributed by atoms with Crippen molar-refractivity contribution < 1.29 is 14.5 Å². The molecule has 1 heterocycles. The van der Waals surface area contributed by atoms with Gasteiger partial charge in [0.15, 0.2) is 5.03 Å². The first kappa shape index (κ1) is 19.3. The lowest BCUT2D eigenvalue weighted by atomic mass is 10.2. The third kappa shape index (κ3) is 4.63. The van der Waals surface area contributed by atoms with Crippen LogP contribution in [0.15, 0.2) is 70.8 Å². The van der Waals surface area contributed by atoms with Crippen molar-refractivity contribution in [3.63, 3.8) is 0 Å². The Labute approximate surface area is 165 Å². The first-order valence-corrected chi connectivity index (χ1v) is 9.16. The van der Waals surface area contributed by atoms with Crippen LogP contribution in [0.2, 0.25) is 0 Å². The molecule has 0 saturated heterocycles. The molecule has 1 aromatic heterocycles. The molecule has 0 aliphatic rings. The summed E-state index contributed by atoms with van der Waals surface area (Å²) >= 11 is 1.19. The molecule has 0 radical (unpaired) electrons. The average Bonchev–Trinajstić information content (AvgIpc) is 2.69. The molecule has 2 aromatic carbocycles. The van der Waals surface area contributed by atoms with Crippen LogP contribution >= 0.6 is 11.8 Å². The van der Waals surface area contributed by atoms with E-state index in [0.717, 1.165) is 4.90 Å². The number of nitrogens with zero attached hydrogens (tertiary/aromatic N) is 3. The number of rotatable bonds is 7. The van der Waals surface area contributed by atoms with Gasteiger partial charge in [-0.2, -0.15) is 0 Å². The maximum atomic E-state index is 11.7. The van der Waals surface area contributed by atoms with E-state index in [-0.39, 0.29) is 23.1 Å². The molecule has 0 unspecified atom stereocenters. The molecule has 142 valence electrons. The molecule has 0 atom stereocenters. The number of aromatic nitrogens is 2. The van der Waals surface area contributed by atoms with Crippen LogP contribution in [0.25, 0.3) is 0 Å². The van der Waals surface area contributed by atoms with Crippen molar-refractivity contribution in [1.82, 2.24) is 9.97 Å². The first-order valence-electron chi connectivity index (χ1n) is 8.35. The van der Waals surface area contributed by atoms with E-state index in [9.17, 15) is 14.9 Å². The predicted octanol–water partition coefficient (Wildman–Crippen LogP) is 4.46. The number of esters is 1. The number of benzene rings is 2. The summed E-state index contributed by atoms with van der Waals surface area (Å²) in [6.07, 6.45) is 1.27. The average molecular weight is 396 g/mol. The zero-order valence-corrected chi connectivity index (χ0v) is 15.7. The molecule has 0 amide bonds. The molecule has 0 aliphatic heterocycles. The van der Waals surface area contributed by atoms with E-state index in [1.165, 1.54) is 18.1 Å². The maximum Gasteiger partial charge on any atom is 0.343 e. The van der Waals surface area contributed by atoms with E-state index in [4.69, 9.17) is 4.74 Å². The molecule has 0 fully saturated rings. The number of nitrogens with one attached hydrogen (secondary N) is 1. The van der Waals surface area contributed by atoms with Gasteiger partial charge in [-0.3, -0.25) is 10.1 Å². The Morgan fingerprint density at radius 3 is 2.50 bits per heavy atom. The van der Waals surface area contributed by atoms with Crippen molar-refractivity contribution in [3.8, 4) is 0 Å². The van der Waals surface area contributed by atoms with Gasteiger partial charge in [0, 0.05) is 10.6 Å². The van der Waals surface area contributed by atoms with Crippen LogP contribution in [-0.2, 0) is 4.74 Å². The highest BCUT2D eigenvalue weighted by atomic mass is 32.2. The van der Waals surface area contributed by atoms with Crippen molar-refractivity contribution in [3.05, 3.63) is 76.6 Å².